The largest absolute Gasteiger partial charge is 0.333 e. The Labute approximate surface area is 152 Å². The fourth-order valence-electron chi connectivity index (χ4n) is 3.27. The molecule has 3 rings (SSSR count). The van der Waals surface area contributed by atoms with Crippen molar-refractivity contribution in [3.63, 3.8) is 0 Å². The molecule has 0 aliphatic carbocycles. The van der Waals surface area contributed by atoms with E-state index in [0.717, 1.165) is 5.69 Å². The molecule has 3 amide bonds. The van der Waals surface area contributed by atoms with Gasteiger partial charge in [-0.05, 0) is 18.9 Å². The quantitative estimate of drug-likeness (QED) is 0.874. The average Bonchev–Trinajstić information content (AvgIpc) is 3.17. The molecule has 0 saturated carbocycles. The van der Waals surface area contributed by atoms with Gasteiger partial charge in [-0.15, -0.1) is 10.2 Å². The molecule has 9 nitrogen and oxygen atoms in total. The van der Waals surface area contributed by atoms with Gasteiger partial charge in [-0.2, -0.15) is 0 Å². The van der Waals surface area contributed by atoms with Crippen LogP contribution in [0.5, 0.6) is 0 Å². The first-order valence-electron chi connectivity index (χ1n) is 8.73. The Balaban J connectivity index is 1.82. The molecular formula is C17H25N7O2. The van der Waals surface area contributed by atoms with Crippen molar-refractivity contribution in [2.75, 3.05) is 27.2 Å². The summed E-state index contributed by atoms with van der Waals surface area (Å²) in [7, 11) is 3.41. The number of urea groups is 1. The predicted octanol–water partition coefficient (Wildman–Crippen LogP) is 0.801. The first kappa shape index (κ1) is 18.1. The van der Waals surface area contributed by atoms with Crippen LogP contribution in [0.2, 0.25) is 0 Å². The summed E-state index contributed by atoms with van der Waals surface area (Å²) in [6.45, 7) is 7.10. The van der Waals surface area contributed by atoms with Crippen LogP contribution >= 0.6 is 0 Å². The van der Waals surface area contributed by atoms with Crippen LogP contribution < -0.4 is 5.32 Å². The molecule has 2 atom stereocenters. The van der Waals surface area contributed by atoms with Gasteiger partial charge in [-0.3, -0.25) is 9.20 Å². The second-order valence-electron chi connectivity index (χ2n) is 7.33. The van der Waals surface area contributed by atoms with Gasteiger partial charge in [0.15, 0.2) is 0 Å². The van der Waals surface area contributed by atoms with Crippen LogP contribution in [0, 0.1) is 18.8 Å². The van der Waals surface area contributed by atoms with Gasteiger partial charge < -0.3 is 15.1 Å². The number of carbonyl (C=O) groups excluding carboxylic acids is 2. The number of fused-ring (bicyclic) bond motifs is 1. The monoisotopic (exact) mass is 359 g/mol. The lowest BCUT2D eigenvalue weighted by atomic mass is 9.91. The van der Waals surface area contributed by atoms with Gasteiger partial charge >= 0.3 is 6.03 Å². The van der Waals surface area contributed by atoms with Crippen molar-refractivity contribution in [1.82, 2.24) is 34.7 Å². The molecule has 26 heavy (non-hydrogen) atoms. The van der Waals surface area contributed by atoms with Gasteiger partial charge in [0, 0.05) is 45.0 Å². The van der Waals surface area contributed by atoms with Crippen LogP contribution in [-0.4, -0.2) is 74.5 Å². The third kappa shape index (κ3) is 3.33. The predicted molar refractivity (Wildman–Crippen MR) is 95.8 cm³/mol. The van der Waals surface area contributed by atoms with Crippen molar-refractivity contribution >= 4 is 17.7 Å². The molecule has 0 radical (unpaired) electrons. The van der Waals surface area contributed by atoms with Crippen molar-refractivity contribution in [1.29, 1.82) is 0 Å². The smallest absolute Gasteiger partial charge is 0.317 e. The molecule has 140 valence electrons. The van der Waals surface area contributed by atoms with Crippen molar-refractivity contribution < 1.29 is 9.59 Å². The van der Waals surface area contributed by atoms with Crippen LogP contribution in [0.4, 0.5) is 4.79 Å². The molecule has 9 heteroatoms. The number of aromatic nitrogens is 4. The Morgan fingerprint density at radius 1 is 1.27 bits per heavy atom. The number of hydrogen-bond acceptors (Lipinski definition) is 5. The van der Waals surface area contributed by atoms with Crippen LogP contribution in [0.3, 0.4) is 0 Å². The number of likely N-dealkylation sites (tertiary alicyclic amines) is 1. The van der Waals surface area contributed by atoms with E-state index in [1.165, 1.54) is 4.90 Å². The SMILES string of the molecule is Cc1ccn2c(C(=O)N3C[C@@H](NC(=O)N(C)C)[C@H](C(C)C)C3)nnc2n1. The summed E-state index contributed by atoms with van der Waals surface area (Å²) in [5.41, 5.74) is 0.816. The Bertz CT molecular complexity index is 830. The van der Waals surface area contributed by atoms with Gasteiger partial charge in [0.25, 0.3) is 11.7 Å². The third-order valence-electron chi connectivity index (χ3n) is 4.83. The summed E-state index contributed by atoms with van der Waals surface area (Å²) in [5.74, 6) is 0.970. The van der Waals surface area contributed by atoms with E-state index < -0.39 is 0 Å². The number of amides is 3. The van der Waals surface area contributed by atoms with E-state index in [1.54, 1.807) is 29.6 Å². The third-order valence-corrected chi connectivity index (χ3v) is 4.83. The summed E-state index contributed by atoms with van der Waals surface area (Å²) in [6.07, 6.45) is 1.76. The number of carbonyl (C=O) groups is 2. The first-order valence-corrected chi connectivity index (χ1v) is 8.73. The molecule has 1 saturated heterocycles. The maximum Gasteiger partial charge on any atom is 0.317 e. The normalized spacial score (nSPS) is 20.0. The standard InChI is InChI=1S/C17H25N7O2/c1-10(2)12-8-23(9-13(12)19-17(26)22(4)5)15(25)14-20-21-16-18-11(3)6-7-24(14)16/h6-7,10,12-13H,8-9H2,1-5H3,(H,19,26)/t12-,13+/m0/s1. The highest BCUT2D eigenvalue weighted by Crippen LogP contribution is 2.25. The highest BCUT2D eigenvalue weighted by molar-refractivity contribution is 5.91. The summed E-state index contributed by atoms with van der Waals surface area (Å²) < 4.78 is 1.60. The van der Waals surface area contributed by atoms with Crippen LogP contribution in [0.25, 0.3) is 5.78 Å². The van der Waals surface area contributed by atoms with E-state index in [1.807, 2.05) is 13.0 Å². The topological polar surface area (TPSA) is 95.7 Å². The second-order valence-corrected chi connectivity index (χ2v) is 7.33. The molecule has 1 N–H and O–H groups in total. The number of hydrogen-bond donors (Lipinski definition) is 1. The fraction of sp³-hybridized carbons (Fsp3) is 0.588. The van der Waals surface area contributed by atoms with Crippen molar-refractivity contribution in [2.45, 2.75) is 26.8 Å². The van der Waals surface area contributed by atoms with Crippen LogP contribution in [-0.2, 0) is 0 Å². The zero-order valence-corrected chi connectivity index (χ0v) is 15.8. The minimum absolute atomic E-state index is 0.0894. The van der Waals surface area contributed by atoms with Crippen molar-refractivity contribution in [3.8, 4) is 0 Å². The van der Waals surface area contributed by atoms with Gasteiger partial charge in [0.1, 0.15) is 0 Å². The molecule has 1 aliphatic rings. The number of nitrogens with one attached hydrogen (secondary N) is 1. The molecular weight excluding hydrogens is 334 g/mol. The summed E-state index contributed by atoms with van der Waals surface area (Å²) in [4.78, 5) is 32.6. The maximum absolute atomic E-state index is 13.0. The van der Waals surface area contributed by atoms with Crippen molar-refractivity contribution in [2.24, 2.45) is 11.8 Å². The molecule has 2 aromatic rings. The number of nitrogens with zero attached hydrogens (tertiary/aromatic N) is 6. The number of rotatable bonds is 3. The van der Waals surface area contributed by atoms with Crippen LogP contribution in [0.15, 0.2) is 12.3 Å². The maximum atomic E-state index is 13.0. The average molecular weight is 359 g/mol. The minimum Gasteiger partial charge on any atom is -0.333 e. The van der Waals surface area contributed by atoms with Gasteiger partial charge in [0.05, 0.1) is 6.04 Å². The van der Waals surface area contributed by atoms with Gasteiger partial charge in [-0.1, -0.05) is 13.8 Å². The molecule has 2 aromatic heterocycles. The van der Waals surface area contributed by atoms with Gasteiger partial charge in [-0.25, -0.2) is 9.78 Å². The zero-order valence-electron chi connectivity index (χ0n) is 15.8. The molecule has 0 unspecified atom stereocenters. The lowest BCUT2D eigenvalue weighted by Gasteiger charge is -2.24. The van der Waals surface area contributed by atoms with E-state index in [4.69, 9.17) is 0 Å². The lowest BCUT2D eigenvalue weighted by molar-refractivity contribution is 0.0769. The van der Waals surface area contributed by atoms with Crippen molar-refractivity contribution in [3.05, 3.63) is 23.8 Å². The summed E-state index contributed by atoms with van der Waals surface area (Å²) in [5, 5.41) is 11.0. The Morgan fingerprint density at radius 3 is 2.65 bits per heavy atom. The Hall–Kier alpha value is -2.71. The lowest BCUT2D eigenvalue weighted by Crippen LogP contribution is -2.46. The Morgan fingerprint density at radius 2 is 2.00 bits per heavy atom. The summed E-state index contributed by atoms with van der Waals surface area (Å²) in [6, 6.07) is 1.57. The van der Waals surface area contributed by atoms with E-state index >= 15 is 0 Å². The van der Waals surface area contributed by atoms with E-state index in [0.29, 0.717) is 24.8 Å². The fourth-order valence-corrected chi connectivity index (χ4v) is 3.27. The molecule has 0 bridgehead atoms. The summed E-state index contributed by atoms with van der Waals surface area (Å²) >= 11 is 0. The second kappa shape index (κ2) is 6.89. The van der Waals surface area contributed by atoms with E-state index in [9.17, 15) is 9.59 Å². The molecule has 1 fully saturated rings. The molecule has 0 aromatic carbocycles. The Kier molecular flexibility index (Phi) is 4.80. The van der Waals surface area contributed by atoms with E-state index in [-0.39, 0.29) is 29.7 Å². The van der Waals surface area contributed by atoms with Crippen LogP contribution in [0.1, 0.15) is 30.2 Å². The molecule has 1 aliphatic heterocycles. The molecule has 0 spiro atoms. The zero-order chi connectivity index (χ0) is 19.0. The first-order chi connectivity index (χ1) is 12.3. The van der Waals surface area contributed by atoms with Gasteiger partial charge in [0.2, 0.25) is 5.82 Å². The minimum atomic E-state index is -0.199. The molecule has 3 heterocycles. The highest BCUT2D eigenvalue weighted by atomic mass is 16.2. The van der Waals surface area contributed by atoms with E-state index in [2.05, 4.69) is 34.3 Å². The number of aryl methyl sites for hydroxylation is 1. The highest BCUT2D eigenvalue weighted by Gasteiger charge is 2.39.